The first-order chi connectivity index (χ1) is 3.83. The van der Waals surface area contributed by atoms with E-state index in [-0.39, 0.29) is 6.61 Å². The van der Waals surface area contributed by atoms with Crippen LogP contribution in [0.4, 0.5) is 0 Å². The highest BCUT2D eigenvalue weighted by Gasteiger charge is 2.11. The van der Waals surface area contributed by atoms with Gasteiger partial charge in [-0.25, -0.2) is 0 Å². The van der Waals surface area contributed by atoms with Crippen LogP contribution in [0.2, 0.25) is 0 Å². The van der Waals surface area contributed by atoms with Crippen LogP contribution in [0.3, 0.4) is 0 Å². The Hall–Kier alpha value is 0.400. The molecule has 0 amide bonds. The fourth-order valence-electron chi connectivity index (χ4n) is 0.515. The molecule has 0 aliphatic carbocycles. The number of rotatable bonds is 1. The summed E-state index contributed by atoms with van der Waals surface area (Å²) in [5, 5.41) is 10.6. The average Bonchev–Trinajstić information content (AvgIpc) is 2.14. The van der Waals surface area contributed by atoms with Crippen LogP contribution < -0.4 is 0 Å². The fraction of sp³-hybridized carbons (Fsp3) is 0.600. The molecule has 1 nitrogen and oxygen atoms in total. The van der Waals surface area contributed by atoms with E-state index in [0.717, 1.165) is 4.91 Å². The van der Waals surface area contributed by atoms with Crippen LogP contribution in [0.5, 0.6) is 0 Å². The van der Waals surface area contributed by atoms with Gasteiger partial charge in [-0.1, -0.05) is 0 Å². The molecule has 0 saturated heterocycles. The lowest BCUT2D eigenvalue weighted by molar-refractivity contribution is 0.340. The van der Waals surface area contributed by atoms with Crippen molar-refractivity contribution in [2.45, 2.75) is 11.5 Å². The summed E-state index contributed by atoms with van der Waals surface area (Å²) in [4.78, 5) is 1.10. The van der Waals surface area contributed by atoms with E-state index in [0.29, 0.717) is 4.58 Å². The molecule has 1 unspecified atom stereocenters. The first-order valence-corrected chi connectivity index (χ1v) is 4.27. The van der Waals surface area contributed by atoms with Crippen LogP contribution in [-0.2, 0) is 0 Å². The van der Waals surface area contributed by atoms with Crippen LogP contribution >= 0.6 is 23.5 Å². The van der Waals surface area contributed by atoms with E-state index in [2.05, 4.69) is 6.92 Å². The molecule has 46 valence electrons. The minimum absolute atomic E-state index is 0.210. The van der Waals surface area contributed by atoms with Crippen molar-refractivity contribution in [2.24, 2.45) is 0 Å². The van der Waals surface area contributed by atoms with Crippen molar-refractivity contribution in [3.05, 3.63) is 10.3 Å². The quantitative estimate of drug-likeness (QED) is 0.610. The fourth-order valence-corrected chi connectivity index (χ4v) is 2.58. The number of hydrogen-bond acceptors (Lipinski definition) is 3. The van der Waals surface area contributed by atoms with Crippen molar-refractivity contribution in [1.29, 1.82) is 0 Å². The molecule has 0 saturated carbocycles. The summed E-state index contributed by atoms with van der Waals surface area (Å²) in [5.41, 5.74) is 0. The summed E-state index contributed by atoms with van der Waals surface area (Å²) in [6, 6.07) is 0. The van der Waals surface area contributed by atoms with Crippen LogP contribution in [0.1, 0.15) is 6.92 Å². The molecule has 1 N–H and O–H groups in total. The largest absolute Gasteiger partial charge is 0.391 e. The van der Waals surface area contributed by atoms with Crippen LogP contribution in [0, 0.1) is 0 Å². The maximum absolute atomic E-state index is 8.58. The Balaban J connectivity index is 2.37. The summed E-state index contributed by atoms with van der Waals surface area (Å²) < 4.78 is 0.608. The van der Waals surface area contributed by atoms with Crippen LogP contribution in [0.25, 0.3) is 0 Å². The normalized spacial score (nSPS) is 28.2. The van der Waals surface area contributed by atoms with Crippen molar-refractivity contribution in [3.63, 3.8) is 0 Å². The molecule has 0 bridgehead atoms. The second-order valence-electron chi connectivity index (χ2n) is 1.56. The molecular formula is C5H8OS2. The van der Waals surface area contributed by atoms with Crippen LogP contribution in [0.15, 0.2) is 10.3 Å². The topological polar surface area (TPSA) is 20.2 Å². The minimum Gasteiger partial charge on any atom is -0.391 e. The molecule has 1 heterocycles. The Morgan fingerprint density at radius 2 is 2.62 bits per heavy atom. The Morgan fingerprint density at radius 1 is 1.88 bits per heavy atom. The Labute approximate surface area is 57.5 Å². The zero-order chi connectivity index (χ0) is 5.98. The van der Waals surface area contributed by atoms with Gasteiger partial charge in [0.1, 0.15) is 0 Å². The highest BCUT2D eigenvalue weighted by molar-refractivity contribution is 8.22. The van der Waals surface area contributed by atoms with E-state index in [1.807, 2.05) is 5.41 Å². The molecule has 8 heavy (non-hydrogen) atoms. The predicted molar refractivity (Wildman–Crippen MR) is 39.8 cm³/mol. The maximum Gasteiger partial charge on any atom is 0.0746 e. The molecular weight excluding hydrogens is 140 g/mol. The van der Waals surface area contributed by atoms with Gasteiger partial charge < -0.3 is 5.11 Å². The van der Waals surface area contributed by atoms with Gasteiger partial charge in [-0.3, -0.25) is 0 Å². The van der Waals surface area contributed by atoms with Crippen molar-refractivity contribution >= 4 is 23.5 Å². The lowest BCUT2D eigenvalue weighted by atomic mass is 10.7. The highest BCUT2D eigenvalue weighted by atomic mass is 32.2. The summed E-state index contributed by atoms with van der Waals surface area (Å²) >= 11 is 3.51. The lowest BCUT2D eigenvalue weighted by Gasteiger charge is -1.96. The van der Waals surface area contributed by atoms with E-state index in [4.69, 9.17) is 5.11 Å². The third-order valence-electron chi connectivity index (χ3n) is 0.864. The Morgan fingerprint density at radius 3 is 2.88 bits per heavy atom. The molecule has 0 aromatic carbocycles. The number of thioether (sulfide) groups is 2. The zero-order valence-corrected chi connectivity index (χ0v) is 6.26. The summed E-state index contributed by atoms with van der Waals surface area (Å²) in [7, 11) is 0. The molecule has 1 aliphatic heterocycles. The SMILES string of the molecule is CC1SC=C(CO)S1. The zero-order valence-electron chi connectivity index (χ0n) is 4.63. The van der Waals surface area contributed by atoms with E-state index in [1.54, 1.807) is 23.5 Å². The monoisotopic (exact) mass is 148 g/mol. The van der Waals surface area contributed by atoms with Gasteiger partial charge in [-0.2, -0.15) is 0 Å². The first kappa shape index (κ1) is 6.52. The molecule has 0 spiro atoms. The molecule has 0 aromatic rings. The summed E-state index contributed by atoms with van der Waals surface area (Å²) in [6.07, 6.45) is 0. The van der Waals surface area contributed by atoms with Crippen molar-refractivity contribution in [2.75, 3.05) is 6.61 Å². The van der Waals surface area contributed by atoms with E-state index < -0.39 is 0 Å². The first-order valence-electron chi connectivity index (χ1n) is 2.45. The van der Waals surface area contributed by atoms with Crippen molar-refractivity contribution in [3.8, 4) is 0 Å². The van der Waals surface area contributed by atoms with Gasteiger partial charge in [-0.05, 0) is 12.3 Å². The molecule has 1 rings (SSSR count). The summed E-state index contributed by atoms with van der Waals surface area (Å²) in [6.45, 7) is 2.34. The third kappa shape index (κ3) is 1.44. The van der Waals surface area contributed by atoms with E-state index in [1.165, 1.54) is 0 Å². The molecule has 0 fully saturated rings. The van der Waals surface area contributed by atoms with E-state index >= 15 is 0 Å². The molecule has 1 atom stereocenters. The van der Waals surface area contributed by atoms with E-state index in [9.17, 15) is 0 Å². The average molecular weight is 148 g/mol. The second-order valence-corrected chi connectivity index (χ2v) is 4.54. The molecule has 0 aromatic heterocycles. The Kier molecular flexibility index (Phi) is 2.28. The van der Waals surface area contributed by atoms with Gasteiger partial charge in [0.15, 0.2) is 0 Å². The molecule has 0 radical (unpaired) electrons. The number of aliphatic hydroxyl groups is 1. The molecule has 3 heteroatoms. The predicted octanol–water partition coefficient (Wildman–Crippen LogP) is 1.65. The lowest BCUT2D eigenvalue weighted by Crippen LogP contribution is -1.83. The van der Waals surface area contributed by atoms with Gasteiger partial charge in [0.05, 0.1) is 11.2 Å². The maximum atomic E-state index is 8.58. The third-order valence-corrected chi connectivity index (χ3v) is 3.32. The standard InChI is InChI=1S/C5H8OS2/c1-4-7-3-5(2-6)8-4/h3-4,6H,2H2,1H3. The Bertz CT molecular complexity index is 111. The molecule has 1 aliphatic rings. The number of aliphatic hydroxyl groups excluding tert-OH is 1. The smallest absolute Gasteiger partial charge is 0.0746 e. The van der Waals surface area contributed by atoms with Gasteiger partial charge in [-0.15, -0.1) is 23.5 Å². The number of hydrogen-bond donors (Lipinski definition) is 1. The minimum atomic E-state index is 0.210. The van der Waals surface area contributed by atoms with Gasteiger partial charge >= 0.3 is 0 Å². The second kappa shape index (κ2) is 2.80. The van der Waals surface area contributed by atoms with Crippen molar-refractivity contribution < 1.29 is 5.11 Å². The summed E-state index contributed by atoms with van der Waals surface area (Å²) in [5.74, 6) is 0. The van der Waals surface area contributed by atoms with Gasteiger partial charge in [0.2, 0.25) is 0 Å². The van der Waals surface area contributed by atoms with Gasteiger partial charge in [0.25, 0.3) is 0 Å². The highest BCUT2D eigenvalue weighted by Crippen LogP contribution is 2.38. The van der Waals surface area contributed by atoms with Crippen LogP contribution in [-0.4, -0.2) is 16.3 Å². The van der Waals surface area contributed by atoms with Crippen molar-refractivity contribution in [1.82, 2.24) is 0 Å². The van der Waals surface area contributed by atoms with Gasteiger partial charge in [0, 0.05) is 4.91 Å².